The molecule has 2 aliphatic rings. The molecular weight excluding hydrogens is 304 g/mol. The molecule has 1 aromatic rings. The smallest absolute Gasteiger partial charge is 0.282 e. The molecule has 0 radical (unpaired) electrons. The van der Waals surface area contributed by atoms with Gasteiger partial charge in [0.05, 0.1) is 11.9 Å². The minimum atomic E-state index is -2.70. The van der Waals surface area contributed by atoms with E-state index in [1.54, 1.807) is 0 Å². The van der Waals surface area contributed by atoms with Gasteiger partial charge in [0.25, 0.3) is 6.43 Å². The lowest BCUT2D eigenvalue weighted by molar-refractivity contribution is -0.120. The number of amides is 1. The first-order chi connectivity index (χ1) is 11.2. The van der Waals surface area contributed by atoms with E-state index in [0.717, 1.165) is 44.9 Å². The molecule has 3 rings (SSSR count). The summed E-state index contributed by atoms with van der Waals surface area (Å²) >= 11 is 0. The maximum atomic E-state index is 13.5. The summed E-state index contributed by atoms with van der Waals surface area (Å²) in [6, 6.07) is 0. The summed E-state index contributed by atoms with van der Waals surface area (Å²) in [5.74, 6) is -0.251. The number of aromatic nitrogens is 2. The van der Waals surface area contributed by atoms with Gasteiger partial charge in [-0.25, -0.2) is 13.5 Å². The second-order valence-electron chi connectivity index (χ2n) is 6.33. The molecule has 23 heavy (non-hydrogen) atoms. The van der Waals surface area contributed by atoms with Crippen molar-refractivity contribution < 1.29 is 18.3 Å². The van der Waals surface area contributed by atoms with Crippen molar-refractivity contribution in [3.63, 3.8) is 0 Å². The highest BCUT2D eigenvalue weighted by Crippen LogP contribution is 2.33. The fourth-order valence-corrected chi connectivity index (χ4v) is 3.43. The quantitative estimate of drug-likeness (QED) is 0.908. The SMILES string of the molecule is O=C(Nc1cnn(C2CCCCO2)c1C(F)F)C1CCCCC1. The lowest BCUT2D eigenvalue weighted by Crippen LogP contribution is -2.26. The average molecular weight is 327 g/mol. The van der Waals surface area contributed by atoms with Gasteiger partial charge in [0.2, 0.25) is 5.91 Å². The molecular formula is C16H23F2N3O2. The summed E-state index contributed by atoms with van der Waals surface area (Å²) in [6.45, 7) is 0.553. The first kappa shape index (κ1) is 16.4. The lowest BCUT2D eigenvalue weighted by Gasteiger charge is -2.25. The standard InChI is InChI=1S/C16H23F2N3O2/c17-15(18)14-12(20-16(22)11-6-2-1-3-7-11)10-19-21(14)13-8-4-5-9-23-13/h10-11,13,15H,1-9H2,(H,20,22). The first-order valence-electron chi connectivity index (χ1n) is 8.45. The van der Waals surface area contributed by atoms with E-state index >= 15 is 0 Å². The molecule has 1 N–H and O–H groups in total. The monoisotopic (exact) mass is 327 g/mol. The van der Waals surface area contributed by atoms with Gasteiger partial charge in [0, 0.05) is 12.5 Å². The summed E-state index contributed by atoms with van der Waals surface area (Å²) in [5.41, 5.74) is -0.134. The Labute approximate surface area is 134 Å². The summed E-state index contributed by atoms with van der Waals surface area (Å²) in [5, 5.41) is 6.72. The van der Waals surface area contributed by atoms with Crippen LogP contribution in [0.3, 0.4) is 0 Å². The van der Waals surface area contributed by atoms with Gasteiger partial charge in [-0.1, -0.05) is 19.3 Å². The Morgan fingerprint density at radius 3 is 2.61 bits per heavy atom. The van der Waals surface area contributed by atoms with Crippen molar-refractivity contribution in [3.05, 3.63) is 11.9 Å². The number of nitrogens with zero attached hydrogens (tertiary/aromatic N) is 2. The van der Waals surface area contributed by atoms with Gasteiger partial charge in [-0.3, -0.25) is 4.79 Å². The Morgan fingerprint density at radius 1 is 1.22 bits per heavy atom. The summed E-state index contributed by atoms with van der Waals surface area (Å²) in [4.78, 5) is 12.3. The second kappa shape index (κ2) is 7.38. The Bertz CT molecular complexity index is 535. The third-order valence-electron chi connectivity index (χ3n) is 4.70. The van der Waals surface area contributed by atoms with Gasteiger partial charge < -0.3 is 10.1 Å². The Kier molecular flexibility index (Phi) is 5.25. The van der Waals surface area contributed by atoms with E-state index in [1.165, 1.54) is 10.9 Å². The number of hydrogen-bond donors (Lipinski definition) is 1. The molecule has 0 bridgehead atoms. The van der Waals surface area contributed by atoms with Crippen LogP contribution in [-0.4, -0.2) is 22.3 Å². The minimum absolute atomic E-state index is 0.0800. The molecule has 128 valence electrons. The number of rotatable bonds is 4. The van der Waals surface area contributed by atoms with Crippen molar-refractivity contribution in [2.24, 2.45) is 5.92 Å². The van der Waals surface area contributed by atoms with E-state index in [4.69, 9.17) is 4.74 Å². The van der Waals surface area contributed by atoms with E-state index in [9.17, 15) is 13.6 Å². The highest BCUT2D eigenvalue weighted by Gasteiger charge is 2.29. The number of carbonyl (C=O) groups excluding carboxylic acids is 1. The van der Waals surface area contributed by atoms with E-state index in [2.05, 4.69) is 10.4 Å². The molecule has 1 aliphatic carbocycles. The van der Waals surface area contributed by atoms with Crippen LogP contribution in [-0.2, 0) is 9.53 Å². The Balaban J connectivity index is 1.76. The Morgan fingerprint density at radius 2 is 1.96 bits per heavy atom. The minimum Gasteiger partial charge on any atom is -0.357 e. The van der Waals surface area contributed by atoms with E-state index in [-0.39, 0.29) is 23.2 Å². The molecule has 1 amide bonds. The van der Waals surface area contributed by atoms with Crippen molar-refractivity contribution in [2.45, 2.75) is 64.0 Å². The zero-order chi connectivity index (χ0) is 16.2. The van der Waals surface area contributed by atoms with E-state index < -0.39 is 12.7 Å². The lowest BCUT2D eigenvalue weighted by atomic mass is 9.88. The van der Waals surface area contributed by atoms with Crippen LogP contribution in [0.5, 0.6) is 0 Å². The van der Waals surface area contributed by atoms with Crippen molar-refractivity contribution in [2.75, 3.05) is 11.9 Å². The molecule has 2 heterocycles. The number of carbonyl (C=O) groups is 1. The van der Waals surface area contributed by atoms with Gasteiger partial charge in [0.15, 0.2) is 6.23 Å². The zero-order valence-corrected chi connectivity index (χ0v) is 13.1. The van der Waals surface area contributed by atoms with Crippen LogP contribution < -0.4 is 5.32 Å². The molecule has 1 unspecified atom stereocenters. The van der Waals surface area contributed by atoms with Crippen LogP contribution in [0.4, 0.5) is 14.5 Å². The summed E-state index contributed by atoms with van der Waals surface area (Å²) in [7, 11) is 0. The molecule has 0 aromatic carbocycles. The number of halogens is 2. The van der Waals surface area contributed by atoms with E-state index in [0.29, 0.717) is 13.0 Å². The van der Waals surface area contributed by atoms with Gasteiger partial charge in [-0.2, -0.15) is 5.10 Å². The van der Waals surface area contributed by atoms with Crippen LogP contribution in [0.15, 0.2) is 6.20 Å². The van der Waals surface area contributed by atoms with Gasteiger partial charge in [0.1, 0.15) is 5.69 Å². The highest BCUT2D eigenvalue weighted by atomic mass is 19.3. The van der Waals surface area contributed by atoms with Crippen molar-refractivity contribution in [3.8, 4) is 0 Å². The van der Waals surface area contributed by atoms with Crippen LogP contribution >= 0.6 is 0 Å². The molecule has 1 atom stereocenters. The fraction of sp³-hybridized carbons (Fsp3) is 0.750. The summed E-state index contributed by atoms with van der Waals surface area (Å²) in [6.07, 6.45) is 5.53. The zero-order valence-electron chi connectivity index (χ0n) is 13.1. The van der Waals surface area contributed by atoms with Crippen LogP contribution in [0.2, 0.25) is 0 Å². The molecule has 1 saturated heterocycles. The summed E-state index contributed by atoms with van der Waals surface area (Å²) < 4.78 is 33.8. The molecule has 1 saturated carbocycles. The van der Waals surface area contributed by atoms with Crippen molar-refractivity contribution >= 4 is 11.6 Å². The number of anilines is 1. The molecule has 0 spiro atoms. The molecule has 1 aliphatic heterocycles. The number of ether oxygens (including phenoxy) is 1. The third kappa shape index (κ3) is 3.71. The van der Waals surface area contributed by atoms with Crippen molar-refractivity contribution in [1.29, 1.82) is 0 Å². The van der Waals surface area contributed by atoms with Gasteiger partial charge >= 0.3 is 0 Å². The second-order valence-corrected chi connectivity index (χ2v) is 6.33. The van der Waals surface area contributed by atoms with Gasteiger partial charge in [-0.15, -0.1) is 0 Å². The highest BCUT2D eigenvalue weighted by molar-refractivity contribution is 5.93. The van der Waals surface area contributed by atoms with Crippen LogP contribution in [0.1, 0.15) is 69.7 Å². The molecule has 5 nitrogen and oxygen atoms in total. The fourth-order valence-electron chi connectivity index (χ4n) is 3.43. The Hall–Kier alpha value is -1.50. The normalized spacial score (nSPS) is 23.2. The van der Waals surface area contributed by atoms with Crippen molar-refractivity contribution in [1.82, 2.24) is 9.78 Å². The van der Waals surface area contributed by atoms with E-state index in [1.807, 2.05) is 0 Å². The first-order valence-corrected chi connectivity index (χ1v) is 8.45. The third-order valence-corrected chi connectivity index (χ3v) is 4.70. The van der Waals surface area contributed by atoms with Gasteiger partial charge in [-0.05, 0) is 32.1 Å². The van der Waals surface area contributed by atoms with Crippen LogP contribution in [0, 0.1) is 5.92 Å². The number of nitrogens with one attached hydrogen (secondary N) is 1. The number of alkyl halides is 2. The topological polar surface area (TPSA) is 56.2 Å². The molecule has 1 aromatic heterocycles. The molecule has 2 fully saturated rings. The predicted molar refractivity (Wildman–Crippen MR) is 81.2 cm³/mol. The van der Waals surface area contributed by atoms with Crippen LogP contribution in [0.25, 0.3) is 0 Å². The molecule has 7 heteroatoms. The average Bonchev–Trinajstić information content (AvgIpc) is 3.00. The maximum Gasteiger partial charge on any atom is 0.282 e. The maximum absolute atomic E-state index is 13.5. The largest absolute Gasteiger partial charge is 0.357 e. The number of hydrogen-bond acceptors (Lipinski definition) is 3. The predicted octanol–water partition coefficient (Wildman–Crippen LogP) is 4.04.